The molecule has 1 saturated heterocycles. The average Bonchev–Trinajstić information content (AvgIpc) is 2.18. The molecule has 0 radical (unpaired) electrons. The highest BCUT2D eigenvalue weighted by atomic mass is 16.6. The van der Waals surface area contributed by atoms with Gasteiger partial charge in [0.05, 0.1) is 0 Å². The Morgan fingerprint density at radius 1 is 1.53 bits per heavy atom. The monoisotopic (exact) mass is 240 g/mol. The molecule has 1 amide bonds. The second kappa shape index (κ2) is 5.27. The van der Waals surface area contributed by atoms with Gasteiger partial charge in [-0.1, -0.05) is 12.0 Å². The van der Waals surface area contributed by atoms with Gasteiger partial charge in [-0.25, -0.2) is 4.79 Å². The van der Waals surface area contributed by atoms with E-state index in [4.69, 9.17) is 10.3 Å². The number of hydrogen-bond acceptors (Lipinski definition) is 3. The van der Waals surface area contributed by atoms with Gasteiger partial charge in [0.25, 0.3) is 0 Å². The first-order chi connectivity index (χ1) is 7.83. The standard InChI is InChI=1S/C11H20N4O2/c1-8-7-15(6-5-9(8)13-14-12)10(16)17-11(2,3)4/h8-9H,5-7H2,1-4H3. The molecule has 1 aliphatic rings. The molecule has 0 N–H and O–H groups in total. The van der Waals surface area contributed by atoms with Gasteiger partial charge in [-0.2, -0.15) is 0 Å². The van der Waals surface area contributed by atoms with E-state index in [9.17, 15) is 4.79 Å². The first kappa shape index (κ1) is 13.6. The second-order valence-corrected chi connectivity index (χ2v) is 5.46. The minimum Gasteiger partial charge on any atom is -0.444 e. The summed E-state index contributed by atoms with van der Waals surface area (Å²) in [6.45, 7) is 8.70. The van der Waals surface area contributed by atoms with E-state index in [1.807, 2.05) is 27.7 Å². The normalized spacial score (nSPS) is 25.1. The van der Waals surface area contributed by atoms with Gasteiger partial charge in [0, 0.05) is 24.0 Å². The third-order valence-corrected chi connectivity index (χ3v) is 2.71. The van der Waals surface area contributed by atoms with E-state index >= 15 is 0 Å². The molecule has 2 unspecified atom stereocenters. The predicted octanol–water partition coefficient (Wildman–Crippen LogP) is 2.94. The summed E-state index contributed by atoms with van der Waals surface area (Å²) in [7, 11) is 0. The maximum Gasteiger partial charge on any atom is 0.410 e. The molecule has 96 valence electrons. The summed E-state index contributed by atoms with van der Waals surface area (Å²) in [5, 5.41) is 3.73. The number of piperidine rings is 1. The Balaban J connectivity index is 2.55. The smallest absolute Gasteiger partial charge is 0.410 e. The molecular weight excluding hydrogens is 220 g/mol. The minimum atomic E-state index is -0.470. The van der Waals surface area contributed by atoms with Crippen LogP contribution in [0.1, 0.15) is 34.1 Å². The highest BCUT2D eigenvalue weighted by molar-refractivity contribution is 5.68. The van der Waals surface area contributed by atoms with Gasteiger partial charge in [-0.05, 0) is 38.6 Å². The van der Waals surface area contributed by atoms with Gasteiger partial charge in [0.1, 0.15) is 5.60 Å². The molecule has 0 aromatic heterocycles. The summed E-state index contributed by atoms with van der Waals surface area (Å²) in [6, 6.07) is -0.0151. The minimum absolute atomic E-state index is 0.0151. The fraction of sp³-hybridized carbons (Fsp3) is 0.909. The number of ether oxygens (including phenoxy) is 1. The Morgan fingerprint density at radius 2 is 2.18 bits per heavy atom. The summed E-state index contributed by atoms with van der Waals surface area (Å²) < 4.78 is 5.30. The Labute approximate surface area is 102 Å². The molecule has 2 atom stereocenters. The highest BCUT2D eigenvalue weighted by Crippen LogP contribution is 2.21. The van der Waals surface area contributed by atoms with E-state index in [2.05, 4.69) is 10.0 Å². The van der Waals surface area contributed by atoms with Gasteiger partial charge >= 0.3 is 6.09 Å². The molecule has 0 aliphatic carbocycles. The van der Waals surface area contributed by atoms with E-state index in [0.717, 1.165) is 0 Å². The molecule has 6 heteroatoms. The lowest BCUT2D eigenvalue weighted by atomic mass is 9.95. The summed E-state index contributed by atoms with van der Waals surface area (Å²) in [5.74, 6) is 0.173. The maximum atomic E-state index is 11.8. The Morgan fingerprint density at radius 3 is 2.65 bits per heavy atom. The van der Waals surface area contributed by atoms with Crippen LogP contribution in [0.2, 0.25) is 0 Å². The Kier molecular flexibility index (Phi) is 4.23. The largest absolute Gasteiger partial charge is 0.444 e. The topological polar surface area (TPSA) is 78.3 Å². The van der Waals surface area contributed by atoms with Crippen molar-refractivity contribution in [1.29, 1.82) is 0 Å². The highest BCUT2D eigenvalue weighted by Gasteiger charge is 2.30. The van der Waals surface area contributed by atoms with E-state index < -0.39 is 5.60 Å². The predicted molar refractivity (Wildman–Crippen MR) is 64.5 cm³/mol. The molecule has 0 aromatic carbocycles. The van der Waals surface area contributed by atoms with Gasteiger partial charge in [0.2, 0.25) is 0 Å². The van der Waals surface area contributed by atoms with Crippen molar-refractivity contribution >= 4 is 6.09 Å². The van der Waals surface area contributed by atoms with Gasteiger partial charge in [0.15, 0.2) is 0 Å². The van der Waals surface area contributed by atoms with E-state index in [1.54, 1.807) is 4.90 Å². The van der Waals surface area contributed by atoms with Crippen molar-refractivity contribution in [2.75, 3.05) is 13.1 Å². The van der Waals surface area contributed by atoms with E-state index in [1.165, 1.54) is 0 Å². The number of hydrogen-bond donors (Lipinski definition) is 0. The average molecular weight is 240 g/mol. The first-order valence-electron chi connectivity index (χ1n) is 5.85. The third-order valence-electron chi connectivity index (χ3n) is 2.71. The maximum absolute atomic E-state index is 11.8. The summed E-state index contributed by atoms with van der Waals surface area (Å²) in [4.78, 5) is 16.3. The van der Waals surface area contributed by atoms with Gasteiger partial charge in [-0.3, -0.25) is 0 Å². The lowest BCUT2D eigenvalue weighted by Crippen LogP contribution is -2.46. The zero-order valence-corrected chi connectivity index (χ0v) is 10.9. The van der Waals surface area contributed by atoms with Crippen LogP contribution in [-0.4, -0.2) is 35.7 Å². The molecule has 1 aliphatic heterocycles. The number of azide groups is 1. The van der Waals surface area contributed by atoms with Crippen molar-refractivity contribution in [2.24, 2.45) is 11.0 Å². The zero-order chi connectivity index (χ0) is 13.1. The fourth-order valence-corrected chi connectivity index (χ4v) is 1.86. The third kappa shape index (κ3) is 4.15. The van der Waals surface area contributed by atoms with Crippen molar-refractivity contribution < 1.29 is 9.53 Å². The van der Waals surface area contributed by atoms with Crippen LogP contribution in [-0.2, 0) is 4.74 Å². The van der Waals surface area contributed by atoms with Crippen molar-refractivity contribution in [2.45, 2.75) is 45.8 Å². The molecule has 1 rings (SSSR count). The van der Waals surface area contributed by atoms with Crippen LogP contribution in [0.15, 0.2) is 5.11 Å². The number of amides is 1. The molecule has 0 aromatic rings. The number of carbonyl (C=O) groups is 1. The van der Waals surface area contributed by atoms with Crippen LogP contribution in [0.4, 0.5) is 4.79 Å². The number of nitrogens with zero attached hydrogens (tertiary/aromatic N) is 4. The van der Waals surface area contributed by atoms with Crippen molar-refractivity contribution in [3.05, 3.63) is 10.4 Å². The van der Waals surface area contributed by atoms with E-state index in [-0.39, 0.29) is 18.1 Å². The SMILES string of the molecule is CC1CN(C(=O)OC(C)(C)C)CCC1N=[N+]=[N-]. The van der Waals surface area contributed by atoms with Crippen molar-refractivity contribution in [3.8, 4) is 0 Å². The number of rotatable bonds is 1. The van der Waals surface area contributed by atoms with Crippen molar-refractivity contribution in [3.63, 3.8) is 0 Å². The molecule has 6 nitrogen and oxygen atoms in total. The number of likely N-dealkylation sites (tertiary alicyclic amines) is 1. The zero-order valence-electron chi connectivity index (χ0n) is 10.9. The molecule has 0 spiro atoms. The molecule has 1 heterocycles. The Hall–Kier alpha value is -1.42. The lowest BCUT2D eigenvalue weighted by molar-refractivity contribution is 0.0158. The second-order valence-electron chi connectivity index (χ2n) is 5.46. The van der Waals surface area contributed by atoms with Gasteiger partial charge in [-0.15, -0.1) is 0 Å². The fourth-order valence-electron chi connectivity index (χ4n) is 1.86. The molecule has 0 bridgehead atoms. The lowest BCUT2D eigenvalue weighted by Gasteiger charge is -2.35. The van der Waals surface area contributed by atoms with Crippen LogP contribution in [0.5, 0.6) is 0 Å². The van der Waals surface area contributed by atoms with Crippen LogP contribution in [0.25, 0.3) is 10.4 Å². The van der Waals surface area contributed by atoms with Crippen LogP contribution >= 0.6 is 0 Å². The van der Waals surface area contributed by atoms with E-state index in [0.29, 0.717) is 19.5 Å². The summed E-state index contributed by atoms with van der Waals surface area (Å²) >= 11 is 0. The quantitative estimate of drug-likeness (QED) is 0.401. The van der Waals surface area contributed by atoms with Crippen LogP contribution in [0.3, 0.4) is 0 Å². The molecule has 0 saturated carbocycles. The van der Waals surface area contributed by atoms with Crippen LogP contribution in [0, 0.1) is 5.92 Å². The number of carbonyl (C=O) groups excluding carboxylic acids is 1. The summed E-state index contributed by atoms with van der Waals surface area (Å²) in [6.07, 6.45) is 0.411. The van der Waals surface area contributed by atoms with Crippen LogP contribution < -0.4 is 0 Å². The Bertz CT molecular complexity index is 331. The molecule has 1 fully saturated rings. The first-order valence-corrected chi connectivity index (χ1v) is 5.85. The van der Waals surface area contributed by atoms with Gasteiger partial charge < -0.3 is 9.64 Å². The molecular formula is C11H20N4O2. The summed E-state index contributed by atoms with van der Waals surface area (Å²) in [5.41, 5.74) is 7.95. The van der Waals surface area contributed by atoms with Crippen molar-refractivity contribution in [1.82, 2.24) is 4.90 Å². The molecule has 17 heavy (non-hydrogen) atoms.